The lowest BCUT2D eigenvalue weighted by Gasteiger charge is -2.20. The van der Waals surface area contributed by atoms with Crippen LogP contribution in [0.25, 0.3) is 0 Å². The molecule has 1 fully saturated rings. The zero-order valence-electron chi connectivity index (χ0n) is 11.6. The average Bonchev–Trinajstić information content (AvgIpc) is 3.07. The summed E-state index contributed by atoms with van der Waals surface area (Å²) in [4.78, 5) is 35.9. The van der Waals surface area contributed by atoms with Crippen LogP contribution in [-0.2, 0) is 9.59 Å². The van der Waals surface area contributed by atoms with Crippen LogP contribution in [0.4, 0.5) is 0 Å². The van der Waals surface area contributed by atoms with Gasteiger partial charge in [-0.3, -0.25) is 14.4 Å². The van der Waals surface area contributed by atoms with Gasteiger partial charge in [-0.15, -0.1) is 0 Å². The van der Waals surface area contributed by atoms with E-state index in [1.165, 1.54) is 16.2 Å². The zero-order chi connectivity index (χ0) is 15.2. The highest BCUT2D eigenvalue weighted by atomic mass is 32.1. The highest BCUT2D eigenvalue weighted by Crippen LogP contribution is 2.29. The average molecular weight is 310 g/mol. The molecule has 0 aromatic carbocycles. The molecule has 7 heteroatoms. The molecule has 2 N–H and O–H groups in total. The molecule has 0 spiro atoms. The summed E-state index contributed by atoms with van der Waals surface area (Å²) in [7, 11) is 0. The van der Waals surface area contributed by atoms with Crippen LogP contribution in [0, 0.1) is 5.92 Å². The van der Waals surface area contributed by atoms with Crippen LogP contribution in [0.2, 0.25) is 0 Å². The molecule has 1 aromatic heterocycles. The maximum Gasteiger partial charge on any atom is 0.323 e. The molecule has 0 unspecified atom stereocenters. The normalized spacial score (nSPS) is 13.7. The summed E-state index contributed by atoms with van der Waals surface area (Å²) < 4.78 is 0. The number of aliphatic carboxylic acids is 1. The van der Waals surface area contributed by atoms with Crippen molar-refractivity contribution in [1.29, 1.82) is 0 Å². The molecule has 0 saturated heterocycles. The molecule has 0 aliphatic heterocycles. The Morgan fingerprint density at radius 3 is 2.71 bits per heavy atom. The molecular formula is C14H18N2O4S. The lowest BCUT2D eigenvalue weighted by molar-refractivity contribution is -0.144. The first kappa shape index (κ1) is 15.5. The van der Waals surface area contributed by atoms with E-state index in [0.29, 0.717) is 18.0 Å². The second kappa shape index (κ2) is 7.21. The maximum absolute atomic E-state index is 12.0. The van der Waals surface area contributed by atoms with E-state index in [4.69, 9.17) is 5.11 Å². The minimum atomic E-state index is -1.01. The Morgan fingerprint density at radius 1 is 1.38 bits per heavy atom. The van der Waals surface area contributed by atoms with Gasteiger partial charge in [-0.1, -0.05) is 0 Å². The van der Waals surface area contributed by atoms with Gasteiger partial charge in [0.2, 0.25) is 5.91 Å². The largest absolute Gasteiger partial charge is 0.480 e. The van der Waals surface area contributed by atoms with Gasteiger partial charge in [0, 0.05) is 30.5 Å². The first-order chi connectivity index (χ1) is 10.1. The van der Waals surface area contributed by atoms with Crippen molar-refractivity contribution >= 4 is 29.1 Å². The molecule has 1 aromatic rings. The van der Waals surface area contributed by atoms with Gasteiger partial charge in [0.15, 0.2) is 0 Å². The number of carbonyl (C=O) groups excluding carboxylic acids is 2. The predicted molar refractivity (Wildman–Crippen MR) is 78.2 cm³/mol. The third kappa shape index (κ3) is 5.18. The van der Waals surface area contributed by atoms with Crippen LogP contribution in [0.15, 0.2) is 16.8 Å². The molecule has 2 amide bonds. The Kier molecular flexibility index (Phi) is 5.32. The molecule has 1 saturated carbocycles. The molecule has 21 heavy (non-hydrogen) atoms. The lowest BCUT2D eigenvalue weighted by Crippen LogP contribution is -2.39. The van der Waals surface area contributed by atoms with Gasteiger partial charge in [-0.2, -0.15) is 11.3 Å². The molecule has 6 nitrogen and oxygen atoms in total. The Bertz CT molecular complexity index is 511. The number of hydrogen-bond donors (Lipinski definition) is 2. The Labute approximate surface area is 126 Å². The van der Waals surface area contributed by atoms with E-state index >= 15 is 0 Å². The first-order valence-corrected chi connectivity index (χ1v) is 7.80. The Hall–Kier alpha value is -1.89. The van der Waals surface area contributed by atoms with Crippen molar-refractivity contribution in [1.82, 2.24) is 10.2 Å². The Morgan fingerprint density at radius 2 is 2.14 bits per heavy atom. The molecule has 114 valence electrons. The van der Waals surface area contributed by atoms with E-state index in [1.54, 1.807) is 11.4 Å². The van der Waals surface area contributed by atoms with Crippen LogP contribution in [-0.4, -0.2) is 47.4 Å². The summed E-state index contributed by atoms with van der Waals surface area (Å²) in [6.07, 6.45) is 2.23. The summed E-state index contributed by atoms with van der Waals surface area (Å²) in [6, 6.07) is 1.71. The lowest BCUT2D eigenvalue weighted by atomic mass is 10.3. The minimum Gasteiger partial charge on any atom is -0.480 e. The molecule has 0 radical (unpaired) electrons. The van der Waals surface area contributed by atoms with Gasteiger partial charge in [0.1, 0.15) is 6.54 Å². The molecule has 1 aliphatic carbocycles. The second-order valence-corrected chi connectivity index (χ2v) is 5.91. The van der Waals surface area contributed by atoms with Crippen LogP contribution >= 0.6 is 11.3 Å². The minimum absolute atomic E-state index is 0.121. The van der Waals surface area contributed by atoms with E-state index in [-0.39, 0.29) is 31.3 Å². The van der Waals surface area contributed by atoms with Gasteiger partial charge in [-0.25, -0.2) is 0 Å². The number of rotatable bonds is 8. The molecular weight excluding hydrogens is 292 g/mol. The highest BCUT2D eigenvalue weighted by molar-refractivity contribution is 7.08. The third-order valence-corrected chi connectivity index (χ3v) is 3.95. The van der Waals surface area contributed by atoms with Crippen molar-refractivity contribution in [2.75, 3.05) is 19.6 Å². The summed E-state index contributed by atoms with van der Waals surface area (Å²) in [5.74, 6) is -1.01. The molecule has 1 heterocycles. The van der Waals surface area contributed by atoms with Crippen LogP contribution < -0.4 is 5.32 Å². The van der Waals surface area contributed by atoms with Gasteiger partial charge >= 0.3 is 5.97 Å². The predicted octanol–water partition coefficient (Wildman–Crippen LogP) is 1.19. The fraction of sp³-hybridized carbons (Fsp3) is 0.500. The third-order valence-electron chi connectivity index (χ3n) is 3.26. The summed E-state index contributed by atoms with van der Waals surface area (Å²) in [6.45, 7) is 0.450. The van der Waals surface area contributed by atoms with Crippen molar-refractivity contribution in [3.05, 3.63) is 22.4 Å². The second-order valence-electron chi connectivity index (χ2n) is 5.13. The van der Waals surface area contributed by atoms with Gasteiger partial charge in [-0.05, 0) is 30.2 Å². The van der Waals surface area contributed by atoms with Crippen molar-refractivity contribution in [2.45, 2.75) is 19.3 Å². The smallest absolute Gasteiger partial charge is 0.323 e. The fourth-order valence-electron chi connectivity index (χ4n) is 1.97. The number of amides is 2. The number of hydrogen-bond acceptors (Lipinski definition) is 4. The van der Waals surface area contributed by atoms with E-state index < -0.39 is 5.97 Å². The zero-order valence-corrected chi connectivity index (χ0v) is 12.4. The van der Waals surface area contributed by atoms with Gasteiger partial charge in [0.25, 0.3) is 5.91 Å². The summed E-state index contributed by atoms with van der Waals surface area (Å²) >= 11 is 1.43. The summed E-state index contributed by atoms with van der Waals surface area (Å²) in [5.41, 5.74) is 0.577. The van der Waals surface area contributed by atoms with E-state index in [2.05, 4.69) is 5.32 Å². The van der Waals surface area contributed by atoms with Crippen molar-refractivity contribution < 1.29 is 19.5 Å². The quantitative estimate of drug-likeness (QED) is 0.755. The van der Waals surface area contributed by atoms with Crippen LogP contribution in [0.5, 0.6) is 0 Å². The topological polar surface area (TPSA) is 86.7 Å². The molecule has 1 aliphatic rings. The van der Waals surface area contributed by atoms with Crippen LogP contribution in [0.3, 0.4) is 0 Å². The van der Waals surface area contributed by atoms with Gasteiger partial charge < -0.3 is 15.3 Å². The highest BCUT2D eigenvalue weighted by Gasteiger charge is 2.27. The standard InChI is InChI=1S/C14H18N2O4S/c17-12(16(8-13(18)19)7-10-1-2-10)3-5-15-14(20)11-4-6-21-9-11/h4,6,9-10H,1-3,5,7-8H2,(H,15,20)(H,18,19). The van der Waals surface area contributed by atoms with E-state index in [0.717, 1.165) is 12.8 Å². The van der Waals surface area contributed by atoms with E-state index in [1.807, 2.05) is 5.38 Å². The number of carbonyl (C=O) groups is 3. The monoisotopic (exact) mass is 310 g/mol. The molecule has 2 rings (SSSR count). The van der Waals surface area contributed by atoms with Gasteiger partial charge in [0.05, 0.1) is 0 Å². The van der Waals surface area contributed by atoms with Crippen molar-refractivity contribution in [3.8, 4) is 0 Å². The number of carboxylic acid groups (broad SMARTS) is 1. The fourth-order valence-corrected chi connectivity index (χ4v) is 2.60. The SMILES string of the molecule is O=C(O)CN(CC1CC1)C(=O)CCNC(=O)c1ccsc1. The van der Waals surface area contributed by atoms with E-state index in [9.17, 15) is 14.4 Å². The Balaban J connectivity index is 1.75. The number of thiophene rings is 1. The van der Waals surface area contributed by atoms with Crippen molar-refractivity contribution in [2.24, 2.45) is 5.92 Å². The van der Waals surface area contributed by atoms with Crippen LogP contribution in [0.1, 0.15) is 29.6 Å². The number of carboxylic acids is 1. The van der Waals surface area contributed by atoms with Crippen molar-refractivity contribution in [3.63, 3.8) is 0 Å². The maximum atomic E-state index is 12.0. The first-order valence-electron chi connectivity index (χ1n) is 6.86. The summed E-state index contributed by atoms with van der Waals surface area (Å²) in [5, 5.41) is 15.1. The number of nitrogens with zero attached hydrogens (tertiary/aromatic N) is 1. The molecule has 0 bridgehead atoms. The molecule has 0 atom stereocenters. The number of nitrogens with one attached hydrogen (secondary N) is 1.